The molecule has 0 fully saturated rings. The summed E-state index contributed by atoms with van der Waals surface area (Å²) in [5, 5.41) is 0. The molecular formula is C17H15N3O. The highest BCUT2D eigenvalue weighted by molar-refractivity contribution is 5.75. The van der Waals surface area contributed by atoms with Gasteiger partial charge < -0.3 is 10.2 Å². The number of fused-ring (bicyclic) bond motifs is 3. The van der Waals surface area contributed by atoms with Crippen LogP contribution in [0.2, 0.25) is 0 Å². The van der Waals surface area contributed by atoms with E-state index >= 15 is 0 Å². The molecule has 104 valence electrons. The van der Waals surface area contributed by atoms with Crippen molar-refractivity contribution in [2.24, 2.45) is 0 Å². The third-order valence-corrected chi connectivity index (χ3v) is 3.92. The molecule has 4 heteroatoms. The van der Waals surface area contributed by atoms with Crippen LogP contribution in [0.5, 0.6) is 0 Å². The van der Waals surface area contributed by atoms with Crippen LogP contribution in [-0.4, -0.2) is 9.97 Å². The zero-order valence-electron chi connectivity index (χ0n) is 11.5. The van der Waals surface area contributed by atoms with Crippen molar-refractivity contribution in [1.82, 2.24) is 9.97 Å². The molecule has 0 amide bonds. The maximum absolute atomic E-state index is 5.93. The molecule has 0 spiro atoms. The van der Waals surface area contributed by atoms with Crippen LogP contribution >= 0.6 is 0 Å². The van der Waals surface area contributed by atoms with Crippen LogP contribution in [0.15, 0.2) is 47.1 Å². The van der Waals surface area contributed by atoms with E-state index in [-0.39, 0.29) is 5.95 Å². The second-order valence-electron chi connectivity index (χ2n) is 5.25. The third-order valence-electron chi connectivity index (χ3n) is 3.92. The number of nitrogens with zero attached hydrogens (tertiary/aromatic N) is 2. The molecule has 1 aliphatic carbocycles. The van der Waals surface area contributed by atoms with Gasteiger partial charge in [-0.25, -0.2) is 9.97 Å². The first-order valence-electron chi connectivity index (χ1n) is 7.11. The van der Waals surface area contributed by atoms with E-state index in [1.807, 2.05) is 18.2 Å². The largest absolute Gasteiger partial charge is 0.463 e. The van der Waals surface area contributed by atoms with E-state index in [1.165, 1.54) is 5.56 Å². The Labute approximate surface area is 122 Å². The van der Waals surface area contributed by atoms with E-state index in [2.05, 4.69) is 28.2 Å². The number of rotatable bonds is 1. The number of aromatic nitrogens is 2. The average Bonchev–Trinajstić information content (AvgIpc) is 2.96. The van der Waals surface area contributed by atoms with Crippen LogP contribution < -0.4 is 5.73 Å². The van der Waals surface area contributed by atoms with Crippen molar-refractivity contribution < 1.29 is 4.42 Å². The van der Waals surface area contributed by atoms with Gasteiger partial charge in [0, 0.05) is 11.1 Å². The molecule has 0 aliphatic heterocycles. The van der Waals surface area contributed by atoms with E-state index in [4.69, 9.17) is 10.2 Å². The molecular weight excluding hydrogens is 262 g/mol. The summed E-state index contributed by atoms with van der Waals surface area (Å²) in [7, 11) is 0. The third kappa shape index (κ3) is 2.00. The number of hydrogen-bond acceptors (Lipinski definition) is 4. The summed E-state index contributed by atoms with van der Waals surface area (Å²) < 4.78 is 5.52. The Morgan fingerprint density at radius 2 is 1.81 bits per heavy atom. The van der Waals surface area contributed by atoms with Gasteiger partial charge in [0.05, 0.1) is 12.0 Å². The van der Waals surface area contributed by atoms with Crippen molar-refractivity contribution in [1.29, 1.82) is 0 Å². The summed E-state index contributed by atoms with van der Waals surface area (Å²) in [6.45, 7) is 0. The molecule has 0 radical (unpaired) electrons. The standard InChI is InChI=1S/C17H15N3O/c18-17-19-15-12-7-2-1-5-11(12)6-3-8-13(15)16(20-17)14-9-4-10-21-14/h1-2,4-5,7,9-10H,3,6,8H2,(H2,18,19,20). The highest BCUT2D eigenvalue weighted by Gasteiger charge is 2.21. The molecule has 1 aliphatic rings. The SMILES string of the molecule is Nc1nc(-c2ccco2)c2c(n1)-c1ccccc1CCC2. The number of aryl methyl sites for hydroxylation is 1. The van der Waals surface area contributed by atoms with E-state index in [9.17, 15) is 0 Å². The highest BCUT2D eigenvalue weighted by atomic mass is 16.3. The van der Waals surface area contributed by atoms with Crippen molar-refractivity contribution in [3.05, 3.63) is 53.8 Å². The van der Waals surface area contributed by atoms with Crippen LogP contribution in [0, 0.1) is 0 Å². The van der Waals surface area contributed by atoms with E-state index in [1.54, 1.807) is 6.26 Å². The molecule has 0 bridgehead atoms. The van der Waals surface area contributed by atoms with Gasteiger partial charge in [-0.1, -0.05) is 24.3 Å². The number of benzene rings is 1. The lowest BCUT2D eigenvalue weighted by Gasteiger charge is -2.11. The monoisotopic (exact) mass is 277 g/mol. The predicted octanol–water partition coefficient (Wildman–Crippen LogP) is 3.47. The van der Waals surface area contributed by atoms with E-state index in [0.717, 1.165) is 47.5 Å². The quantitative estimate of drug-likeness (QED) is 0.739. The van der Waals surface area contributed by atoms with E-state index < -0.39 is 0 Å². The molecule has 4 rings (SSSR count). The molecule has 4 nitrogen and oxygen atoms in total. The Balaban J connectivity index is 2.02. The van der Waals surface area contributed by atoms with Crippen LogP contribution in [-0.2, 0) is 12.8 Å². The lowest BCUT2D eigenvalue weighted by Crippen LogP contribution is -2.04. The lowest BCUT2D eigenvalue weighted by atomic mass is 10.0. The summed E-state index contributed by atoms with van der Waals surface area (Å²) >= 11 is 0. The Bertz CT molecular complexity index is 794. The van der Waals surface area contributed by atoms with Crippen LogP contribution in [0.1, 0.15) is 17.5 Å². The van der Waals surface area contributed by atoms with Gasteiger partial charge in [0.15, 0.2) is 5.76 Å². The summed E-state index contributed by atoms with van der Waals surface area (Å²) in [6, 6.07) is 12.2. The molecule has 21 heavy (non-hydrogen) atoms. The summed E-state index contributed by atoms with van der Waals surface area (Å²) in [5.74, 6) is 1.04. The number of nitrogen functional groups attached to an aromatic ring is 1. The van der Waals surface area contributed by atoms with Gasteiger partial charge in [0.25, 0.3) is 0 Å². The Morgan fingerprint density at radius 1 is 0.952 bits per heavy atom. The van der Waals surface area contributed by atoms with Gasteiger partial charge in [0.1, 0.15) is 5.69 Å². The molecule has 1 aromatic carbocycles. The average molecular weight is 277 g/mol. The molecule has 0 saturated heterocycles. The zero-order chi connectivity index (χ0) is 14.2. The summed E-state index contributed by atoms with van der Waals surface area (Å²) in [4.78, 5) is 8.93. The van der Waals surface area contributed by atoms with Crippen molar-refractivity contribution in [3.63, 3.8) is 0 Å². The van der Waals surface area contributed by atoms with Crippen molar-refractivity contribution >= 4 is 5.95 Å². The van der Waals surface area contributed by atoms with Gasteiger partial charge in [-0.05, 0) is 37.0 Å². The minimum atomic E-state index is 0.289. The minimum absolute atomic E-state index is 0.289. The molecule has 0 saturated carbocycles. The van der Waals surface area contributed by atoms with Crippen molar-refractivity contribution in [2.45, 2.75) is 19.3 Å². The fourth-order valence-corrected chi connectivity index (χ4v) is 3.00. The van der Waals surface area contributed by atoms with Crippen LogP contribution in [0.25, 0.3) is 22.7 Å². The Hall–Kier alpha value is -2.62. The van der Waals surface area contributed by atoms with Crippen LogP contribution in [0.4, 0.5) is 5.95 Å². The van der Waals surface area contributed by atoms with Crippen molar-refractivity contribution in [2.75, 3.05) is 5.73 Å². The molecule has 2 heterocycles. The second-order valence-corrected chi connectivity index (χ2v) is 5.25. The van der Waals surface area contributed by atoms with Gasteiger partial charge >= 0.3 is 0 Å². The van der Waals surface area contributed by atoms with E-state index in [0.29, 0.717) is 0 Å². The smallest absolute Gasteiger partial charge is 0.221 e. The second kappa shape index (κ2) is 4.74. The van der Waals surface area contributed by atoms with Gasteiger partial charge in [-0.3, -0.25) is 0 Å². The number of furan rings is 1. The Kier molecular flexibility index (Phi) is 2.74. The van der Waals surface area contributed by atoms with Gasteiger partial charge in [-0.15, -0.1) is 0 Å². The maximum Gasteiger partial charge on any atom is 0.221 e. The highest BCUT2D eigenvalue weighted by Crippen LogP contribution is 2.36. The predicted molar refractivity (Wildman–Crippen MR) is 81.6 cm³/mol. The van der Waals surface area contributed by atoms with Crippen molar-refractivity contribution in [3.8, 4) is 22.7 Å². The van der Waals surface area contributed by atoms with Gasteiger partial charge in [-0.2, -0.15) is 0 Å². The number of nitrogens with two attached hydrogens (primary N) is 1. The number of anilines is 1. The lowest BCUT2D eigenvalue weighted by molar-refractivity contribution is 0.579. The maximum atomic E-state index is 5.93. The first-order chi connectivity index (χ1) is 10.3. The minimum Gasteiger partial charge on any atom is -0.463 e. The fourth-order valence-electron chi connectivity index (χ4n) is 3.00. The first kappa shape index (κ1) is 12.1. The summed E-state index contributed by atoms with van der Waals surface area (Å²) in [6.07, 6.45) is 4.71. The molecule has 3 aromatic rings. The summed E-state index contributed by atoms with van der Waals surface area (Å²) in [5.41, 5.74) is 11.3. The molecule has 0 unspecified atom stereocenters. The molecule has 0 atom stereocenters. The topological polar surface area (TPSA) is 64.9 Å². The first-order valence-corrected chi connectivity index (χ1v) is 7.11. The zero-order valence-corrected chi connectivity index (χ0v) is 11.5. The molecule has 2 aromatic heterocycles. The number of hydrogen-bond donors (Lipinski definition) is 1. The molecule has 2 N–H and O–H groups in total. The fraction of sp³-hybridized carbons (Fsp3) is 0.176. The van der Waals surface area contributed by atoms with Gasteiger partial charge in [0.2, 0.25) is 5.95 Å². The Morgan fingerprint density at radius 3 is 2.67 bits per heavy atom. The normalized spacial score (nSPS) is 13.3. The van der Waals surface area contributed by atoms with Crippen LogP contribution in [0.3, 0.4) is 0 Å².